The zero-order chi connectivity index (χ0) is 13.1. The molecule has 1 aromatic rings. The van der Waals surface area contributed by atoms with Gasteiger partial charge in [0.1, 0.15) is 17.1 Å². The van der Waals surface area contributed by atoms with Gasteiger partial charge in [0.15, 0.2) is 0 Å². The van der Waals surface area contributed by atoms with Crippen molar-refractivity contribution >= 4 is 21.8 Å². The summed E-state index contributed by atoms with van der Waals surface area (Å²) in [5.74, 6) is -0.843. The SMILES string of the molecule is COc1cccc(F)c1C(=O)NC(C)(C)CBr. The molecule has 0 fully saturated rings. The number of nitrogens with one attached hydrogen (secondary N) is 1. The molecule has 0 radical (unpaired) electrons. The molecule has 0 aliphatic heterocycles. The molecule has 0 spiro atoms. The molecule has 0 saturated carbocycles. The third-order valence-electron chi connectivity index (χ3n) is 2.21. The lowest BCUT2D eigenvalue weighted by Crippen LogP contribution is -2.45. The van der Waals surface area contributed by atoms with Gasteiger partial charge < -0.3 is 10.1 Å². The monoisotopic (exact) mass is 303 g/mol. The van der Waals surface area contributed by atoms with Crippen LogP contribution in [0.15, 0.2) is 18.2 Å². The molecule has 3 nitrogen and oxygen atoms in total. The van der Waals surface area contributed by atoms with Crippen LogP contribution in [0, 0.1) is 5.82 Å². The summed E-state index contributed by atoms with van der Waals surface area (Å²) >= 11 is 3.29. The first-order valence-corrected chi connectivity index (χ1v) is 6.24. The molecular weight excluding hydrogens is 289 g/mol. The van der Waals surface area contributed by atoms with Crippen molar-refractivity contribution in [2.24, 2.45) is 0 Å². The molecule has 0 aliphatic rings. The molecule has 1 rings (SSSR count). The van der Waals surface area contributed by atoms with E-state index in [1.165, 1.54) is 19.2 Å². The number of alkyl halides is 1. The second kappa shape index (κ2) is 5.49. The molecule has 17 heavy (non-hydrogen) atoms. The summed E-state index contributed by atoms with van der Waals surface area (Å²) in [6.45, 7) is 3.68. The van der Waals surface area contributed by atoms with E-state index < -0.39 is 17.3 Å². The maximum absolute atomic E-state index is 13.6. The quantitative estimate of drug-likeness (QED) is 0.869. The summed E-state index contributed by atoms with van der Waals surface area (Å²) in [6, 6.07) is 4.29. The van der Waals surface area contributed by atoms with Crippen molar-refractivity contribution in [2.45, 2.75) is 19.4 Å². The van der Waals surface area contributed by atoms with Gasteiger partial charge in [-0.05, 0) is 26.0 Å². The Kier molecular flexibility index (Phi) is 4.51. The number of ether oxygens (including phenoxy) is 1. The lowest BCUT2D eigenvalue weighted by Gasteiger charge is -2.24. The summed E-state index contributed by atoms with van der Waals surface area (Å²) in [5, 5.41) is 3.30. The zero-order valence-corrected chi connectivity index (χ0v) is 11.6. The number of hydrogen-bond acceptors (Lipinski definition) is 2. The average molecular weight is 304 g/mol. The number of carbonyl (C=O) groups is 1. The molecule has 1 aromatic carbocycles. The van der Waals surface area contributed by atoms with Gasteiger partial charge in [-0.2, -0.15) is 0 Å². The van der Waals surface area contributed by atoms with Gasteiger partial charge in [-0.25, -0.2) is 4.39 Å². The van der Waals surface area contributed by atoms with Gasteiger partial charge in [-0.15, -0.1) is 0 Å². The first-order valence-electron chi connectivity index (χ1n) is 5.12. The molecule has 0 bridgehead atoms. The fourth-order valence-corrected chi connectivity index (χ4v) is 1.44. The van der Waals surface area contributed by atoms with Crippen LogP contribution in [0.25, 0.3) is 0 Å². The predicted octanol–water partition coefficient (Wildman–Crippen LogP) is 2.74. The topological polar surface area (TPSA) is 38.3 Å². The van der Waals surface area contributed by atoms with Gasteiger partial charge in [-0.1, -0.05) is 22.0 Å². The summed E-state index contributed by atoms with van der Waals surface area (Å²) in [7, 11) is 1.40. The number of hydrogen-bond donors (Lipinski definition) is 1. The van der Waals surface area contributed by atoms with E-state index in [4.69, 9.17) is 4.74 Å². The first kappa shape index (κ1) is 14.0. The number of amides is 1. The van der Waals surface area contributed by atoms with Crippen LogP contribution in [-0.2, 0) is 0 Å². The van der Waals surface area contributed by atoms with Gasteiger partial charge in [0.05, 0.1) is 7.11 Å². The van der Waals surface area contributed by atoms with Gasteiger partial charge in [0.25, 0.3) is 5.91 Å². The normalized spacial score (nSPS) is 11.1. The van der Waals surface area contributed by atoms with E-state index in [1.807, 2.05) is 13.8 Å². The van der Waals surface area contributed by atoms with Crippen LogP contribution in [0.3, 0.4) is 0 Å². The van der Waals surface area contributed by atoms with Gasteiger partial charge in [0.2, 0.25) is 0 Å². The third-order valence-corrected chi connectivity index (χ3v) is 3.61. The maximum atomic E-state index is 13.6. The van der Waals surface area contributed by atoms with E-state index in [2.05, 4.69) is 21.2 Å². The lowest BCUT2D eigenvalue weighted by molar-refractivity contribution is 0.0914. The fraction of sp³-hybridized carbons (Fsp3) is 0.417. The number of carbonyl (C=O) groups excluding carboxylic acids is 1. The smallest absolute Gasteiger partial charge is 0.258 e. The summed E-state index contributed by atoms with van der Waals surface area (Å²) < 4.78 is 18.6. The Morgan fingerprint density at radius 1 is 1.53 bits per heavy atom. The summed E-state index contributed by atoms with van der Waals surface area (Å²) in [6.07, 6.45) is 0. The molecule has 0 aromatic heterocycles. The summed E-state index contributed by atoms with van der Waals surface area (Å²) in [4.78, 5) is 12.0. The van der Waals surface area contributed by atoms with E-state index in [0.29, 0.717) is 5.33 Å². The Morgan fingerprint density at radius 2 is 2.18 bits per heavy atom. The van der Waals surface area contributed by atoms with Crippen molar-refractivity contribution in [3.8, 4) is 5.75 Å². The Morgan fingerprint density at radius 3 is 2.71 bits per heavy atom. The second-order valence-electron chi connectivity index (χ2n) is 4.29. The van der Waals surface area contributed by atoms with Crippen LogP contribution in [0.4, 0.5) is 4.39 Å². The fourth-order valence-electron chi connectivity index (χ4n) is 1.30. The second-order valence-corrected chi connectivity index (χ2v) is 4.85. The van der Waals surface area contributed by atoms with Crippen molar-refractivity contribution in [3.63, 3.8) is 0 Å². The van der Waals surface area contributed by atoms with E-state index in [1.54, 1.807) is 6.07 Å². The van der Waals surface area contributed by atoms with Crippen molar-refractivity contribution in [3.05, 3.63) is 29.6 Å². The van der Waals surface area contributed by atoms with Gasteiger partial charge in [-0.3, -0.25) is 4.79 Å². The highest BCUT2D eigenvalue weighted by atomic mass is 79.9. The predicted molar refractivity (Wildman–Crippen MR) is 68.3 cm³/mol. The van der Waals surface area contributed by atoms with Crippen molar-refractivity contribution in [1.29, 1.82) is 0 Å². The number of methoxy groups -OCH3 is 1. The maximum Gasteiger partial charge on any atom is 0.258 e. The Labute approximate surface area is 108 Å². The Balaban J connectivity index is 3.04. The van der Waals surface area contributed by atoms with Crippen LogP contribution < -0.4 is 10.1 Å². The first-order chi connectivity index (χ1) is 7.91. The van der Waals surface area contributed by atoms with Crippen molar-refractivity contribution < 1.29 is 13.9 Å². The highest BCUT2D eigenvalue weighted by Gasteiger charge is 2.24. The van der Waals surface area contributed by atoms with Crippen LogP contribution in [-0.4, -0.2) is 23.9 Å². The van der Waals surface area contributed by atoms with Crippen LogP contribution in [0.5, 0.6) is 5.75 Å². The molecule has 0 saturated heterocycles. The van der Waals surface area contributed by atoms with Crippen molar-refractivity contribution in [1.82, 2.24) is 5.32 Å². The minimum absolute atomic E-state index is 0.0657. The Bertz CT molecular complexity index is 421. The molecule has 1 N–H and O–H groups in total. The van der Waals surface area contributed by atoms with Crippen molar-refractivity contribution in [2.75, 3.05) is 12.4 Å². The summed E-state index contributed by atoms with van der Waals surface area (Å²) in [5.41, 5.74) is -0.520. The van der Waals surface area contributed by atoms with Gasteiger partial charge >= 0.3 is 0 Å². The lowest BCUT2D eigenvalue weighted by atomic mass is 10.1. The molecule has 1 amide bonds. The van der Waals surface area contributed by atoms with Crippen LogP contribution in [0.2, 0.25) is 0 Å². The third kappa shape index (κ3) is 3.43. The molecule has 5 heteroatoms. The standard InChI is InChI=1S/C12H15BrFNO2/c1-12(2,7-13)15-11(16)10-8(14)5-4-6-9(10)17-3/h4-6H,7H2,1-3H3,(H,15,16). The van der Waals surface area contributed by atoms with Crippen LogP contribution >= 0.6 is 15.9 Å². The average Bonchev–Trinajstić information content (AvgIpc) is 2.27. The highest BCUT2D eigenvalue weighted by molar-refractivity contribution is 9.09. The van der Waals surface area contributed by atoms with Crippen LogP contribution in [0.1, 0.15) is 24.2 Å². The number of rotatable bonds is 4. The molecule has 0 atom stereocenters. The molecule has 0 aliphatic carbocycles. The van der Waals surface area contributed by atoms with E-state index in [0.717, 1.165) is 0 Å². The highest BCUT2D eigenvalue weighted by Crippen LogP contribution is 2.22. The van der Waals surface area contributed by atoms with E-state index >= 15 is 0 Å². The minimum atomic E-state index is -0.591. The van der Waals surface area contributed by atoms with E-state index in [9.17, 15) is 9.18 Å². The minimum Gasteiger partial charge on any atom is -0.496 e. The van der Waals surface area contributed by atoms with Gasteiger partial charge in [0, 0.05) is 10.9 Å². The molecular formula is C12H15BrFNO2. The number of halogens is 2. The molecule has 0 heterocycles. The Hall–Kier alpha value is -1.10. The number of benzene rings is 1. The zero-order valence-electron chi connectivity index (χ0n) is 10.0. The molecule has 0 unspecified atom stereocenters. The largest absolute Gasteiger partial charge is 0.496 e. The van der Waals surface area contributed by atoms with E-state index in [-0.39, 0.29) is 11.3 Å². The molecule has 94 valence electrons.